The van der Waals surface area contributed by atoms with Crippen LogP contribution >= 0.6 is 0 Å². The van der Waals surface area contributed by atoms with Crippen LogP contribution in [0.2, 0.25) is 0 Å². The van der Waals surface area contributed by atoms with Gasteiger partial charge in [-0.25, -0.2) is 4.98 Å². The highest BCUT2D eigenvalue weighted by atomic mass is 16.6. The van der Waals surface area contributed by atoms with E-state index in [1.165, 1.54) is 0 Å². The lowest BCUT2D eigenvalue weighted by Gasteiger charge is -2.02. The smallest absolute Gasteiger partial charge is 0.248 e. The molecular formula is C10H15N3O2. The van der Waals surface area contributed by atoms with Crippen molar-refractivity contribution in [2.24, 2.45) is 13.0 Å². The molecule has 0 aliphatic heterocycles. The number of nitrogens with zero attached hydrogens (tertiary/aromatic N) is 3. The van der Waals surface area contributed by atoms with Crippen LogP contribution in [-0.4, -0.2) is 14.5 Å². The van der Waals surface area contributed by atoms with Gasteiger partial charge < -0.3 is 4.57 Å². The van der Waals surface area contributed by atoms with Crippen LogP contribution in [0.3, 0.4) is 0 Å². The van der Waals surface area contributed by atoms with Gasteiger partial charge in [0.2, 0.25) is 5.70 Å². The Morgan fingerprint density at radius 3 is 2.80 bits per heavy atom. The van der Waals surface area contributed by atoms with E-state index in [0.29, 0.717) is 6.42 Å². The van der Waals surface area contributed by atoms with Gasteiger partial charge in [-0.2, -0.15) is 0 Å². The number of aromatic nitrogens is 2. The highest BCUT2D eigenvalue weighted by Crippen LogP contribution is 2.14. The summed E-state index contributed by atoms with van der Waals surface area (Å²) in [6.45, 7) is 3.92. The molecule has 15 heavy (non-hydrogen) atoms. The van der Waals surface area contributed by atoms with Gasteiger partial charge in [0.15, 0.2) is 0 Å². The van der Waals surface area contributed by atoms with E-state index in [1.54, 1.807) is 23.2 Å². The van der Waals surface area contributed by atoms with Crippen LogP contribution in [0.1, 0.15) is 26.0 Å². The summed E-state index contributed by atoms with van der Waals surface area (Å²) < 4.78 is 1.75. The van der Waals surface area contributed by atoms with Crippen molar-refractivity contribution in [3.8, 4) is 0 Å². The molecule has 0 atom stereocenters. The summed E-state index contributed by atoms with van der Waals surface area (Å²) in [7, 11) is 1.81. The molecule has 0 aliphatic rings. The van der Waals surface area contributed by atoms with Crippen molar-refractivity contribution < 1.29 is 4.92 Å². The van der Waals surface area contributed by atoms with Crippen molar-refractivity contribution in [1.29, 1.82) is 0 Å². The third-order valence-corrected chi connectivity index (χ3v) is 2.02. The van der Waals surface area contributed by atoms with Crippen molar-refractivity contribution in [2.45, 2.75) is 20.3 Å². The van der Waals surface area contributed by atoms with Gasteiger partial charge >= 0.3 is 0 Å². The molecule has 1 heterocycles. The molecule has 0 radical (unpaired) electrons. The summed E-state index contributed by atoms with van der Waals surface area (Å²) in [4.78, 5) is 14.4. The fourth-order valence-electron chi connectivity index (χ4n) is 1.28. The molecule has 0 fully saturated rings. The lowest BCUT2D eigenvalue weighted by Crippen LogP contribution is -2.03. The van der Waals surface area contributed by atoms with Gasteiger partial charge in [0.05, 0.1) is 23.1 Å². The first-order valence-corrected chi connectivity index (χ1v) is 4.82. The molecule has 0 saturated carbocycles. The average molecular weight is 209 g/mol. The van der Waals surface area contributed by atoms with Gasteiger partial charge in [0, 0.05) is 19.5 Å². The Labute approximate surface area is 88.6 Å². The molecule has 0 aliphatic carbocycles. The minimum atomic E-state index is -0.326. The monoisotopic (exact) mass is 209 g/mol. The topological polar surface area (TPSA) is 61.0 Å². The Balaban J connectivity index is 2.94. The largest absolute Gasteiger partial charge is 0.334 e. The van der Waals surface area contributed by atoms with Gasteiger partial charge in [-0.15, -0.1) is 0 Å². The maximum absolute atomic E-state index is 10.8. The predicted octanol–water partition coefficient (Wildman–Crippen LogP) is 2.08. The molecule has 0 spiro atoms. The number of allylic oxidation sites excluding steroid dienone is 1. The number of imidazole rings is 1. The van der Waals surface area contributed by atoms with E-state index in [-0.39, 0.29) is 16.5 Å². The lowest BCUT2D eigenvalue weighted by atomic mass is 10.1. The molecule has 0 saturated heterocycles. The molecule has 0 amide bonds. The second kappa shape index (κ2) is 4.72. The van der Waals surface area contributed by atoms with E-state index in [0.717, 1.165) is 5.69 Å². The maximum Gasteiger partial charge on any atom is 0.248 e. The van der Waals surface area contributed by atoms with Crippen molar-refractivity contribution in [1.82, 2.24) is 9.55 Å². The zero-order chi connectivity index (χ0) is 11.4. The first-order valence-electron chi connectivity index (χ1n) is 4.82. The molecule has 0 aromatic carbocycles. The van der Waals surface area contributed by atoms with E-state index in [1.807, 2.05) is 20.9 Å². The fraction of sp³-hybridized carbons (Fsp3) is 0.500. The Bertz CT molecular complexity index is 380. The minimum absolute atomic E-state index is 0.230. The van der Waals surface area contributed by atoms with E-state index >= 15 is 0 Å². The third kappa shape index (κ3) is 3.19. The standard InChI is InChI=1S/C10H15N3O2/c1-8(2)4-9(13(14)15)5-10-6-11-7-12(10)3/h5-8H,4H2,1-3H3. The highest BCUT2D eigenvalue weighted by Gasteiger charge is 2.13. The van der Waals surface area contributed by atoms with Gasteiger partial charge in [-0.1, -0.05) is 13.8 Å². The number of rotatable bonds is 4. The molecule has 82 valence electrons. The Morgan fingerprint density at radius 1 is 1.73 bits per heavy atom. The summed E-state index contributed by atoms with van der Waals surface area (Å²) >= 11 is 0. The van der Waals surface area contributed by atoms with Crippen LogP contribution in [-0.2, 0) is 7.05 Å². The molecule has 1 aromatic heterocycles. The average Bonchev–Trinajstić information content (AvgIpc) is 2.50. The molecule has 0 bridgehead atoms. The molecule has 5 nitrogen and oxygen atoms in total. The molecule has 0 unspecified atom stereocenters. The zero-order valence-corrected chi connectivity index (χ0v) is 9.17. The van der Waals surface area contributed by atoms with Crippen LogP contribution in [0, 0.1) is 16.0 Å². The Kier molecular flexibility index (Phi) is 3.60. The van der Waals surface area contributed by atoms with E-state index in [4.69, 9.17) is 0 Å². The number of aryl methyl sites for hydroxylation is 1. The number of hydrogen-bond acceptors (Lipinski definition) is 3. The molecule has 0 N–H and O–H groups in total. The zero-order valence-electron chi connectivity index (χ0n) is 9.17. The third-order valence-electron chi connectivity index (χ3n) is 2.02. The van der Waals surface area contributed by atoms with Gasteiger partial charge in [0.25, 0.3) is 0 Å². The Hall–Kier alpha value is -1.65. The predicted molar refractivity (Wildman–Crippen MR) is 57.6 cm³/mol. The maximum atomic E-state index is 10.8. The van der Waals surface area contributed by atoms with Crippen molar-refractivity contribution in [2.75, 3.05) is 0 Å². The van der Waals surface area contributed by atoms with E-state index in [9.17, 15) is 10.1 Å². The second-order valence-electron chi connectivity index (χ2n) is 3.92. The fourth-order valence-corrected chi connectivity index (χ4v) is 1.28. The first kappa shape index (κ1) is 11.4. The van der Waals surface area contributed by atoms with Crippen LogP contribution in [0.5, 0.6) is 0 Å². The van der Waals surface area contributed by atoms with Crippen LogP contribution < -0.4 is 0 Å². The first-order chi connectivity index (χ1) is 7.00. The SMILES string of the molecule is CC(C)CC(=Cc1cncn1C)[N+](=O)[O-]. The van der Waals surface area contributed by atoms with Crippen molar-refractivity contribution in [3.05, 3.63) is 34.0 Å². The summed E-state index contributed by atoms with van der Waals surface area (Å²) in [6.07, 6.45) is 5.29. The summed E-state index contributed by atoms with van der Waals surface area (Å²) in [5.74, 6) is 0.273. The highest BCUT2D eigenvalue weighted by molar-refractivity contribution is 5.46. The van der Waals surface area contributed by atoms with Crippen molar-refractivity contribution >= 4 is 6.08 Å². The quantitative estimate of drug-likeness (QED) is 0.563. The second-order valence-corrected chi connectivity index (χ2v) is 3.92. The molecule has 1 rings (SSSR count). The summed E-state index contributed by atoms with van der Waals surface area (Å²) in [5.41, 5.74) is 0.982. The normalized spacial score (nSPS) is 12.1. The minimum Gasteiger partial charge on any atom is -0.334 e. The molecule has 1 aromatic rings. The van der Waals surface area contributed by atoms with Gasteiger partial charge in [-0.3, -0.25) is 10.1 Å². The van der Waals surface area contributed by atoms with Crippen molar-refractivity contribution in [3.63, 3.8) is 0 Å². The van der Waals surface area contributed by atoms with Crippen LogP contribution in [0.4, 0.5) is 0 Å². The number of nitro groups is 1. The number of hydrogen-bond donors (Lipinski definition) is 0. The molecular weight excluding hydrogens is 194 g/mol. The van der Waals surface area contributed by atoms with Gasteiger partial charge in [-0.05, 0) is 5.92 Å². The molecule has 5 heteroatoms. The van der Waals surface area contributed by atoms with E-state index in [2.05, 4.69) is 4.98 Å². The van der Waals surface area contributed by atoms with Gasteiger partial charge in [0.1, 0.15) is 0 Å². The van der Waals surface area contributed by atoms with Crippen LogP contribution in [0.15, 0.2) is 18.2 Å². The lowest BCUT2D eigenvalue weighted by molar-refractivity contribution is -0.427. The Morgan fingerprint density at radius 2 is 2.40 bits per heavy atom. The summed E-state index contributed by atoms with van der Waals surface area (Å²) in [6, 6.07) is 0. The van der Waals surface area contributed by atoms with Crippen LogP contribution in [0.25, 0.3) is 6.08 Å². The van der Waals surface area contributed by atoms with E-state index < -0.39 is 0 Å². The summed E-state index contributed by atoms with van der Waals surface area (Å²) in [5, 5.41) is 10.8.